The molecule has 0 amide bonds. The van der Waals surface area contributed by atoms with Gasteiger partial charge in [-0.25, -0.2) is 4.98 Å². The van der Waals surface area contributed by atoms with Gasteiger partial charge in [-0.05, 0) is 6.92 Å². The van der Waals surface area contributed by atoms with Gasteiger partial charge in [-0.1, -0.05) is 11.6 Å². The summed E-state index contributed by atoms with van der Waals surface area (Å²) in [5, 5.41) is 38.3. The van der Waals surface area contributed by atoms with Gasteiger partial charge in [0.1, 0.15) is 6.10 Å². The molecule has 2 atom stereocenters. The van der Waals surface area contributed by atoms with E-state index in [4.69, 9.17) is 16.7 Å². The van der Waals surface area contributed by atoms with Crippen LogP contribution < -0.4 is 0 Å². The first-order valence-corrected chi connectivity index (χ1v) is 5.50. The Morgan fingerprint density at radius 1 is 1.58 bits per heavy atom. The summed E-state index contributed by atoms with van der Waals surface area (Å²) in [6, 6.07) is 0. The van der Waals surface area contributed by atoms with E-state index < -0.39 is 35.2 Å². The summed E-state index contributed by atoms with van der Waals surface area (Å²) in [6.45, 7) is 1.33. The van der Waals surface area contributed by atoms with Crippen molar-refractivity contribution in [3.8, 4) is 0 Å². The summed E-state index contributed by atoms with van der Waals surface area (Å²) < 4.78 is 0. The second kappa shape index (κ2) is 5.91. The third kappa shape index (κ3) is 3.37. The molecule has 1 rings (SSSR count). The summed E-state index contributed by atoms with van der Waals surface area (Å²) in [6.07, 6.45) is -2.82. The number of nitrogens with zero attached hydrogens (tertiary/aromatic N) is 2. The highest BCUT2D eigenvalue weighted by Crippen LogP contribution is 2.32. The van der Waals surface area contributed by atoms with Gasteiger partial charge in [-0.2, -0.15) is 0 Å². The summed E-state index contributed by atoms with van der Waals surface area (Å²) in [4.78, 5) is 24.0. The fourth-order valence-electron chi connectivity index (χ4n) is 1.58. The van der Waals surface area contributed by atoms with Gasteiger partial charge in [0.15, 0.2) is 0 Å². The number of pyridine rings is 1. The number of rotatable bonds is 5. The minimum absolute atomic E-state index is 0.0296. The summed E-state index contributed by atoms with van der Waals surface area (Å²) in [5.74, 6) is -1.30. The number of aliphatic hydroxyl groups is 2. The molecule has 0 fully saturated rings. The fourth-order valence-corrected chi connectivity index (χ4v) is 1.84. The molecule has 1 aromatic rings. The lowest BCUT2D eigenvalue weighted by molar-refractivity contribution is -0.385. The van der Waals surface area contributed by atoms with Crippen LogP contribution in [0.1, 0.15) is 23.7 Å². The predicted octanol–water partition coefficient (Wildman–Crippen LogP) is 0.821. The molecule has 9 heteroatoms. The van der Waals surface area contributed by atoms with Crippen molar-refractivity contribution in [3.63, 3.8) is 0 Å². The number of carboxylic acid groups (broad SMARTS) is 1. The molecule has 0 saturated carbocycles. The third-order valence-electron chi connectivity index (χ3n) is 2.55. The van der Waals surface area contributed by atoms with Crippen molar-refractivity contribution in [2.24, 2.45) is 0 Å². The van der Waals surface area contributed by atoms with E-state index in [1.165, 1.54) is 6.92 Å². The monoisotopic (exact) mass is 290 g/mol. The molecular formula is C10H11ClN2O6. The van der Waals surface area contributed by atoms with E-state index in [1.807, 2.05) is 0 Å². The number of hydrogen-bond donors (Lipinski definition) is 3. The Labute approximate surface area is 112 Å². The molecule has 3 N–H and O–H groups in total. The van der Waals surface area contributed by atoms with Gasteiger partial charge < -0.3 is 15.3 Å². The first kappa shape index (κ1) is 15.3. The number of hydrogen-bond acceptors (Lipinski definition) is 6. The van der Waals surface area contributed by atoms with Gasteiger partial charge in [0.05, 0.1) is 17.4 Å². The van der Waals surface area contributed by atoms with Gasteiger partial charge in [0.25, 0.3) is 0 Å². The van der Waals surface area contributed by atoms with Crippen molar-refractivity contribution < 1.29 is 25.0 Å². The molecule has 1 aromatic heterocycles. The van der Waals surface area contributed by atoms with E-state index in [1.54, 1.807) is 0 Å². The second-order valence-electron chi connectivity index (χ2n) is 3.85. The fraction of sp³-hybridized carbons (Fsp3) is 0.400. The zero-order valence-electron chi connectivity index (χ0n) is 9.78. The molecule has 0 bridgehead atoms. The van der Waals surface area contributed by atoms with Crippen LogP contribution in [0.4, 0.5) is 5.69 Å². The molecule has 0 aromatic carbocycles. The highest BCUT2D eigenvalue weighted by molar-refractivity contribution is 6.31. The van der Waals surface area contributed by atoms with Crippen LogP contribution in [0.5, 0.6) is 0 Å². The molecule has 104 valence electrons. The lowest BCUT2D eigenvalue weighted by Gasteiger charge is -2.18. The zero-order valence-corrected chi connectivity index (χ0v) is 10.5. The number of carboxylic acids is 1. The maximum absolute atomic E-state index is 10.8. The van der Waals surface area contributed by atoms with E-state index in [2.05, 4.69) is 4.98 Å². The standard InChI is InChI=1S/C10H11ClN2O6/c1-4-5(9(17)6(14)2-7(15)16)3-12-10(11)8(4)13(18)19/h3,6,9,14,17H,2H2,1H3,(H,15,16). The normalized spacial score (nSPS) is 13.9. The second-order valence-corrected chi connectivity index (χ2v) is 4.20. The van der Waals surface area contributed by atoms with Crippen molar-refractivity contribution in [2.75, 3.05) is 0 Å². The zero-order chi connectivity index (χ0) is 14.7. The molecule has 8 nitrogen and oxygen atoms in total. The first-order valence-electron chi connectivity index (χ1n) is 5.13. The van der Waals surface area contributed by atoms with Gasteiger partial charge in [0, 0.05) is 17.3 Å². The van der Waals surface area contributed by atoms with Crippen LogP contribution in [0.3, 0.4) is 0 Å². The Morgan fingerprint density at radius 3 is 2.63 bits per heavy atom. The molecular weight excluding hydrogens is 280 g/mol. The lowest BCUT2D eigenvalue weighted by atomic mass is 9.99. The van der Waals surface area contributed by atoms with Crippen LogP contribution in [0.15, 0.2) is 6.20 Å². The largest absolute Gasteiger partial charge is 0.481 e. The molecule has 2 unspecified atom stereocenters. The van der Waals surface area contributed by atoms with Crippen molar-refractivity contribution in [3.05, 3.63) is 32.6 Å². The van der Waals surface area contributed by atoms with Gasteiger partial charge in [-0.3, -0.25) is 14.9 Å². The Morgan fingerprint density at radius 2 is 2.16 bits per heavy atom. The maximum atomic E-state index is 10.8. The van der Waals surface area contributed by atoms with E-state index >= 15 is 0 Å². The quantitative estimate of drug-likeness (QED) is 0.415. The van der Waals surface area contributed by atoms with E-state index in [0.29, 0.717) is 0 Å². The smallest absolute Gasteiger partial charge is 0.309 e. The van der Waals surface area contributed by atoms with E-state index in [-0.39, 0.29) is 16.3 Å². The third-order valence-corrected chi connectivity index (χ3v) is 2.83. The van der Waals surface area contributed by atoms with Crippen LogP contribution in [-0.4, -0.2) is 37.3 Å². The van der Waals surface area contributed by atoms with E-state index in [9.17, 15) is 25.1 Å². The Balaban J connectivity index is 3.18. The van der Waals surface area contributed by atoms with Gasteiger partial charge in [0.2, 0.25) is 5.15 Å². The molecule has 0 aliphatic carbocycles. The molecule has 0 aliphatic rings. The number of carbonyl (C=O) groups is 1. The Kier molecular flexibility index (Phi) is 4.76. The summed E-state index contributed by atoms with van der Waals surface area (Å²) in [7, 11) is 0. The summed E-state index contributed by atoms with van der Waals surface area (Å²) in [5.41, 5.74) is -0.493. The molecule has 0 aliphatic heterocycles. The average Bonchev–Trinajstić information content (AvgIpc) is 2.26. The van der Waals surface area contributed by atoms with Crippen LogP contribution in [-0.2, 0) is 4.79 Å². The van der Waals surface area contributed by atoms with Crippen LogP contribution in [0.2, 0.25) is 5.15 Å². The maximum Gasteiger partial charge on any atom is 0.309 e. The van der Waals surface area contributed by atoms with E-state index in [0.717, 1.165) is 6.20 Å². The number of aliphatic carboxylic acids is 1. The molecule has 19 heavy (non-hydrogen) atoms. The van der Waals surface area contributed by atoms with Crippen molar-refractivity contribution >= 4 is 23.3 Å². The predicted molar refractivity (Wildman–Crippen MR) is 63.9 cm³/mol. The van der Waals surface area contributed by atoms with Crippen LogP contribution in [0, 0.1) is 17.0 Å². The Hall–Kier alpha value is -1.77. The minimum Gasteiger partial charge on any atom is -0.481 e. The molecule has 0 spiro atoms. The lowest BCUT2D eigenvalue weighted by Crippen LogP contribution is -2.22. The van der Waals surface area contributed by atoms with Gasteiger partial charge >= 0.3 is 11.7 Å². The first-order chi connectivity index (χ1) is 8.75. The number of aliphatic hydroxyl groups excluding tert-OH is 2. The van der Waals surface area contributed by atoms with Crippen molar-refractivity contribution in [1.82, 2.24) is 4.98 Å². The highest BCUT2D eigenvalue weighted by Gasteiger charge is 2.28. The molecule has 0 radical (unpaired) electrons. The topological polar surface area (TPSA) is 134 Å². The van der Waals surface area contributed by atoms with Crippen molar-refractivity contribution in [1.29, 1.82) is 0 Å². The molecule has 0 saturated heterocycles. The number of halogens is 1. The Bertz CT molecular complexity index is 521. The summed E-state index contributed by atoms with van der Waals surface area (Å²) >= 11 is 5.57. The minimum atomic E-state index is -1.60. The van der Waals surface area contributed by atoms with Crippen LogP contribution >= 0.6 is 11.6 Å². The highest BCUT2D eigenvalue weighted by atomic mass is 35.5. The SMILES string of the molecule is Cc1c(C(O)C(O)CC(=O)O)cnc(Cl)c1[N+](=O)[O-]. The molecule has 1 heterocycles. The number of nitro groups is 1. The average molecular weight is 291 g/mol. The van der Waals surface area contributed by atoms with Crippen molar-refractivity contribution in [2.45, 2.75) is 25.6 Å². The number of aromatic nitrogens is 1. The van der Waals surface area contributed by atoms with Gasteiger partial charge in [-0.15, -0.1) is 0 Å². The van der Waals surface area contributed by atoms with Crippen LogP contribution in [0.25, 0.3) is 0 Å².